The van der Waals surface area contributed by atoms with Gasteiger partial charge < -0.3 is 4.57 Å². The van der Waals surface area contributed by atoms with E-state index >= 15 is 0 Å². The number of thioether (sulfide) groups is 1. The van der Waals surface area contributed by atoms with Gasteiger partial charge in [-0.15, -0.1) is 0 Å². The summed E-state index contributed by atoms with van der Waals surface area (Å²) >= 11 is 1.91. The summed E-state index contributed by atoms with van der Waals surface area (Å²) in [5, 5.41) is 0. The number of aromatic nitrogens is 2. The van der Waals surface area contributed by atoms with Crippen molar-refractivity contribution in [3.05, 3.63) is 29.6 Å². The predicted octanol–water partition coefficient (Wildman–Crippen LogP) is 2.10. The lowest BCUT2D eigenvalue weighted by molar-refractivity contribution is 0.112. The highest BCUT2D eigenvalue weighted by Gasteiger charge is 2.14. The first-order valence-electron chi connectivity index (χ1n) is 4.90. The van der Waals surface area contributed by atoms with Crippen LogP contribution in [0, 0.1) is 0 Å². The van der Waals surface area contributed by atoms with Crippen LogP contribution in [0.15, 0.2) is 18.2 Å². The molecule has 0 amide bonds. The second-order valence-electron chi connectivity index (χ2n) is 3.60. The SMILES string of the molecule is O=Cc1ccc2c(c1)nc1n2CCSC1. The summed E-state index contributed by atoms with van der Waals surface area (Å²) in [5.74, 6) is 3.25. The van der Waals surface area contributed by atoms with E-state index in [1.54, 1.807) is 0 Å². The maximum absolute atomic E-state index is 10.7. The average Bonchev–Trinajstić information content (AvgIpc) is 2.66. The lowest BCUT2D eigenvalue weighted by Crippen LogP contribution is -2.10. The molecule has 0 atom stereocenters. The number of rotatable bonds is 1. The van der Waals surface area contributed by atoms with E-state index in [0.717, 1.165) is 41.2 Å². The molecule has 2 aromatic rings. The minimum atomic E-state index is 0.700. The number of imidazole rings is 1. The molecule has 4 heteroatoms. The summed E-state index contributed by atoms with van der Waals surface area (Å²) in [4.78, 5) is 15.2. The van der Waals surface area contributed by atoms with Crippen LogP contribution in [0.25, 0.3) is 11.0 Å². The highest BCUT2D eigenvalue weighted by Crippen LogP contribution is 2.24. The number of benzene rings is 1. The summed E-state index contributed by atoms with van der Waals surface area (Å²) in [6.07, 6.45) is 0.868. The van der Waals surface area contributed by atoms with Gasteiger partial charge in [-0.1, -0.05) is 0 Å². The van der Waals surface area contributed by atoms with Crippen LogP contribution in [0.3, 0.4) is 0 Å². The molecular weight excluding hydrogens is 208 g/mol. The minimum absolute atomic E-state index is 0.700. The molecule has 1 aromatic carbocycles. The van der Waals surface area contributed by atoms with Crippen LogP contribution in [0.5, 0.6) is 0 Å². The van der Waals surface area contributed by atoms with Crippen LogP contribution >= 0.6 is 11.8 Å². The Morgan fingerprint density at radius 2 is 2.40 bits per heavy atom. The van der Waals surface area contributed by atoms with E-state index < -0.39 is 0 Å². The van der Waals surface area contributed by atoms with Gasteiger partial charge in [0.2, 0.25) is 0 Å². The van der Waals surface area contributed by atoms with Crippen LogP contribution in [0.1, 0.15) is 16.2 Å². The lowest BCUT2D eigenvalue weighted by Gasteiger charge is -2.13. The van der Waals surface area contributed by atoms with Gasteiger partial charge in [-0.3, -0.25) is 4.79 Å². The molecule has 1 aliphatic heterocycles. The largest absolute Gasteiger partial charge is 0.326 e. The van der Waals surface area contributed by atoms with Crippen molar-refractivity contribution in [1.29, 1.82) is 0 Å². The minimum Gasteiger partial charge on any atom is -0.326 e. The Kier molecular flexibility index (Phi) is 2.02. The van der Waals surface area contributed by atoms with Crippen LogP contribution in [-0.4, -0.2) is 21.6 Å². The Bertz CT molecular complexity index is 533. The molecule has 0 N–H and O–H groups in total. The highest BCUT2D eigenvalue weighted by molar-refractivity contribution is 7.98. The van der Waals surface area contributed by atoms with Gasteiger partial charge in [-0.05, 0) is 18.2 Å². The van der Waals surface area contributed by atoms with Crippen molar-refractivity contribution in [2.24, 2.45) is 0 Å². The normalized spacial score (nSPS) is 15.2. The van der Waals surface area contributed by atoms with Gasteiger partial charge in [0, 0.05) is 17.9 Å². The van der Waals surface area contributed by atoms with Gasteiger partial charge in [0.15, 0.2) is 0 Å². The van der Waals surface area contributed by atoms with Crippen LogP contribution in [-0.2, 0) is 12.3 Å². The smallest absolute Gasteiger partial charge is 0.150 e. The first-order valence-corrected chi connectivity index (χ1v) is 6.06. The van der Waals surface area contributed by atoms with Crippen molar-refractivity contribution in [3.8, 4) is 0 Å². The van der Waals surface area contributed by atoms with E-state index in [2.05, 4.69) is 9.55 Å². The van der Waals surface area contributed by atoms with Crippen molar-refractivity contribution in [3.63, 3.8) is 0 Å². The second kappa shape index (κ2) is 3.38. The molecule has 0 bridgehead atoms. The van der Waals surface area contributed by atoms with E-state index in [-0.39, 0.29) is 0 Å². The third-order valence-electron chi connectivity index (χ3n) is 2.68. The Balaban J connectivity index is 2.26. The molecule has 0 spiro atoms. The first kappa shape index (κ1) is 8.97. The first-order chi connectivity index (χ1) is 7.38. The van der Waals surface area contributed by atoms with Crippen LogP contribution in [0.2, 0.25) is 0 Å². The monoisotopic (exact) mass is 218 g/mol. The number of aldehydes is 1. The standard InChI is InChI=1S/C11H10N2OS/c14-6-8-1-2-10-9(5-8)12-11-7-15-4-3-13(10)11/h1-2,5-6H,3-4,7H2. The Morgan fingerprint density at radius 1 is 1.47 bits per heavy atom. The third-order valence-corrected chi connectivity index (χ3v) is 3.61. The molecule has 0 unspecified atom stereocenters. The number of nitrogens with zero attached hydrogens (tertiary/aromatic N) is 2. The molecule has 1 aromatic heterocycles. The lowest BCUT2D eigenvalue weighted by atomic mass is 10.2. The Labute approximate surface area is 91.5 Å². The van der Waals surface area contributed by atoms with Crippen molar-refractivity contribution < 1.29 is 4.79 Å². The predicted molar refractivity (Wildman–Crippen MR) is 61.3 cm³/mol. The van der Waals surface area contributed by atoms with Crippen molar-refractivity contribution in [2.75, 3.05) is 5.75 Å². The van der Waals surface area contributed by atoms with E-state index in [1.165, 1.54) is 0 Å². The number of carbonyl (C=O) groups is 1. The molecule has 3 rings (SSSR count). The summed E-state index contributed by atoms with van der Waals surface area (Å²) in [7, 11) is 0. The van der Waals surface area contributed by atoms with Gasteiger partial charge in [0.25, 0.3) is 0 Å². The quantitative estimate of drug-likeness (QED) is 0.687. The summed E-state index contributed by atoms with van der Waals surface area (Å²) in [6, 6.07) is 5.70. The fraction of sp³-hybridized carbons (Fsp3) is 0.273. The molecule has 76 valence electrons. The molecule has 2 heterocycles. The highest BCUT2D eigenvalue weighted by atomic mass is 32.2. The average molecular weight is 218 g/mol. The molecule has 0 saturated carbocycles. The summed E-state index contributed by atoms with van der Waals surface area (Å²) in [5.41, 5.74) is 2.79. The zero-order valence-electron chi connectivity index (χ0n) is 8.14. The van der Waals surface area contributed by atoms with Crippen LogP contribution < -0.4 is 0 Å². The summed E-state index contributed by atoms with van der Waals surface area (Å²) in [6.45, 7) is 1.02. The Hall–Kier alpha value is -1.29. The van der Waals surface area contributed by atoms with E-state index in [0.29, 0.717) is 5.56 Å². The molecule has 0 aliphatic carbocycles. The van der Waals surface area contributed by atoms with E-state index in [9.17, 15) is 4.79 Å². The molecular formula is C11H10N2OS. The molecule has 1 aliphatic rings. The molecule has 3 nitrogen and oxygen atoms in total. The van der Waals surface area contributed by atoms with Gasteiger partial charge in [-0.2, -0.15) is 11.8 Å². The second-order valence-corrected chi connectivity index (χ2v) is 4.70. The van der Waals surface area contributed by atoms with E-state index in [4.69, 9.17) is 0 Å². The third kappa shape index (κ3) is 1.36. The van der Waals surface area contributed by atoms with Gasteiger partial charge in [0.05, 0.1) is 16.8 Å². The van der Waals surface area contributed by atoms with Crippen molar-refractivity contribution >= 4 is 29.1 Å². The molecule has 15 heavy (non-hydrogen) atoms. The van der Waals surface area contributed by atoms with Crippen molar-refractivity contribution in [2.45, 2.75) is 12.3 Å². The number of hydrogen-bond donors (Lipinski definition) is 0. The van der Waals surface area contributed by atoms with Gasteiger partial charge in [-0.25, -0.2) is 4.98 Å². The maximum atomic E-state index is 10.7. The fourth-order valence-electron chi connectivity index (χ4n) is 1.95. The fourth-order valence-corrected chi connectivity index (χ4v) is 2.81. The number of aryl methyl sites for hydroxylation is 1. The zero-order chi connectivity index (χ0) is 10.3. The maximum Gasteiger partial charge on any atom is 0.150 e. The van der Waals surface area contributed by atoms with Gasteiger partial charge in [0.1, 0.15) is 12.1 Å². The molecule has 0 radical (unpaired) electrons. The number of fused-ring (bicyclic) bond motifs is 3. The van der Waals surface area contributed by atoms with Crippen molar-refractivity contribution in [1.82, 2.24) is 9.55 Å². The Morgan fingerprint density at radius 3 is 3.27 bits per heavy atom. The topological polar surface area (TPSA) is 34.9 Å². The number of carbonyl (C=O) groups excluding carboxylic acids is 1. The zero-order valence-corrected chi connectivity index (χ0v) is 8.96. The van der Waals surface area contributed by atoms with E-state index in [1.807, 2.05) is 30.0 Å². The number of hydrogen-bond acceptors (Lipinski definition) is 3. The molecule has 0 saturated heterocycles. The summed E-state index contributed by atoms with van der Waals surface area (Å²) < 4.78 is 2.25. The van der Waals surface area contributed by atoms with Gasteiger partial charge >= 0.3 is 0 Å². The molecule has 0 fully saturated rings. The van der Waals surface area contributed by atoms with Crippen LogP contribution in [0.4, 0.5) is 0 Å².